The van der Waals surface area contributed by atoms with E-state index in [1.54, 1.807) is 11.6 Å². The van der Waals surface area contributed by atoms with Crippen molar-refractivity contribution in [2.75, 3.05) is 0 Å². The van der Waals surface area contributed by atoms with Gasteiger partial charge in [-0.15, -0.1) is 0 Å². The van der Waals surface area contributed by atoms with Crippen molar-refractivity contribution in [2.24, 2.45) is 0 Å². The summed E-state index contributed by atoms with van der Waals surface area (Å²) in [5, 5.41) is 7.16. The number of amides is 1. The standard InChI is InChI=1S/C27H25N3O3/c1-20-16-25(31)26(29-30(20)24-14-6-3-7-15-24)27(32)28-17-22-12-8-9-13-23(22)19-33-18-21-10-4-2-5-11-21/h2-16H,17-19H2,1H3,(H,28,32). The first-order chi connectivity index (χ1) is 16.1. The van der Waals surface area contributed by atoms with Crippen molar-refractivity contribution in [2.45, 2.75) is 26.7 Å². The number of para-hydroxylation sites is 1. The first kappa shape index (κ1) is 22.2. The number of hydrogen-bond acceptors (Lipinski definition) is 4. The quantitative estimate of drug-likeness (QED) is 0.447. The van der Waals surface area contributed by atoms with Gasteiger partial charge < -0.3 is 10.1 Å². The summed E-state index contributed by atoms with van der Waals surface area (Å²) in [4.78, 5) is 25.3. The van der Waals surface area contributed by atoms with Crippen molar-refractivity contribution in [3.63, 3.8) is 0 Å². The summed E-state index contributed by atoms with van der Waals surface area (Å²) >= 11 is 0. The van der Waals surface area contributed by atoms with Crippen molar-refractivity contribution in [1.29, 1.82) is 0 Å². The average molecular weight is 440 g/mol. The highest BCUT2D eigenvalue weighted by Gasteiger charge is 2.15. The molecule has 0 atom stereocenters. The highest BCUT2D eigenvalue weighted by Crippen LogP contribution is 2.12. The second-order valence-electron chi connectivity index (χ2n) is 7.68. The van der Waals surface area contributed by atoms with Crippen LogP contribution in [-0.2, 0) is 24.5 Å². The number of carbonyl (C=O) groups excluding carboxylic acids is 1. The minimum atomic E-state index is -0.510. The van der Waals surface area contributed by atoms with Gasteiger partial charge in [-0.2, -0.15) is 5.10 Å². The molecule has 1 aromatic heterocycles. The summed E-state index contributed by atoms with van der Waals surface area (Å²) in [6.07, 6.45) is 0. The van der Waals surface area contributed by atoms with Gasteiger partial charge in [0.25, 0.3) is 5.91 Å². The number of aromatic nitrogens is 2. The second kappa shape index (κ2) is 10.5. The van der Waals surface area contributed by atoms with Crippen LogP contribution in [0.1, 0.15) is 32.9 Å². The van der Waals surface area contributed by atoms with Crippen LogP contribution in [0.3, 0.4) is 0 Å². The highest BCUT2D eigenvalue weighted by atomic mass is 16.5. The predicted octanol–water partition coefficient (Wildman–Crippen LogP) is 4.19. The molecule has 6 heteroatoms. The van der Waals surface area contributed by atoms with E-state index in [9.17, 15) is 9.59 Å². The number of nitrogens with one attached hydrogen (secondary N) is 1. The molecule has 0 aliphatic rings. The van der Waals surface area contributed by atoms with Crippen molar-refractivity contribution >= 4 is 5.91 Å². The Kier molecular flexibility index (Phi) is 7.07. The molecule has 1 heterocycles. The third-order valence-corrected chi connectivity index (χ3v) is 5.25. The Labute approximate surface area is 192 Å². The lowest BCUT2D eigenvalue weighted by Gasteiger charge is -2.13. The Morgan fingerprint density at radius 3 is 2.24 bits per heavy atom. The lowest BCUT2D eigenvalue weighted by molar-refractivity contribution is 0.0940. The average Bonchev–Trinajstić information content (AvgIpc) is 2.84. The van der Waals surface area contributed by atoms with E-state index < -0.39 is 11.3 Å². The zero-order valence-corrected chi connectivity index (χ0v) is 18.4. The molecule has 0 aliphatic heterocycles. The Hall–Kier alpha value is -4.03. The molecule has 4 rings (SSSR count). The van der Waals surface area contributed by atoms with Crippen LogP contribution in [-0.4, -0.2) is 15.7 Å². The monoisotopic (exact) mass is 439 g/mol. The number of carbonyl (C=O) groups is 1. The molecule has 4 aromatic rings. The molecule has 6 nitrogen and oxygen atoms in total. The first-order valence-electron chi connectivity index (χ1n) is 10.7. The van der Waals surface area contributed by atoms with Crippen LogP contribution in [0, 0.1) is 6.92 Å². The third-order valence-electron chi connectivity index (χ3n) is 5.25. The van der Waals surface area contributed by atoms with Gasteiger partial charge in [-0.1, -0.05) is 72.8 Å². The maximum absolute atomic E-state index is 12.8. The summed E-state index contributed by atoms with van der Waals surface area (Å²) in [6.45, 7) is 2.98. The molecule has 0 bridgehead atoms. The Morgan fingerprint density at radius 2 is 1.52 bits per heavy atom. The molecule has 0 radical (unpaired) electrons. The molecule has 0 saturated heterocycles. The van der Waals surface area contributed by atoms with E-state index in [0.29, 0.717) is 18.9 Å². The minimum Gasteiger partial charge on any atom is -0.372 e. The van der Waals surface area contributed by atoms with Crippen LogP contribution in [0.15, 0.2) is 95.8 Å². The first-order valence-corrected chi connectivity index (χ1v) is 10.7. The molecule has 3 aromatic carbocycles. The Morgan fingerprint density at radius 1 is 0.879 bits per heavy atom. The summed E-state index contributed by atoms with van der Waals surface area (Å²) in [5.74, 6) is -0.510. The number of nitrogens with zero attached hydrogens (tertiary/aromatic N) is 2. The molecule has 0 unspecified atom stereocenters. The van der Waals surface area contributed by atoms with Crippen LogP contribution < -0.4 is 10.7 Å². The van der Waals surface area contributed by atoms with Crippen LogP contribution in [0.25, 0.3) is 5.69 Å². The summed E-state index contributed by atoms with van der Waals surface area (Å²) < 4.78 is 7.46. The molecular weight excluding hydrogens is 414 g/mol. The smallest absolute Gasteiger partial charge is 0.276 e. The summed E-state index contributed by atoms with van der Waals surface area (Å²) in [5.41, 5.74) is 3.90. The molecule has 33 heavy (non-hydrogen) atoms. The van der Waals surface area contributed by atoms with Gasteiger partial charge in [-0.05, 0) is 35.7 Å². The number of ether oxygens (including phenoxy) is 1. The van der Waals surface area contributed by atoms with Gasteiger partial charge in [0, 0.05) is 18.3 Å². The van der Waals surface area contributed by atoms with Crippen molar-refractivity contribution in [3.8, 4) is 5.69 Å². The van der Waals surface area contributed by atoms with Crippen LogP contribution in [0.4, 0.5) is 0 Å². The van der Waals surface area contributed by atoms with Crippen molar-refractivity contribution in [3.05, 3.63) is 129 Å². The molecule has 0 aliphatic carbocycles. The minimum absolute atomic E-state index is 0.137. The summed E-state index contributed by atoms with van der Waals surface area (Å²) in [7, 11) is 0. The highest BCUT2D eigenvalue weighted by molar-refractivity contribution is 5.92. The van der Waals surface area contributed by atoms with Crippen molar-refractivity contribution in [1.82, 2.24) is 15.1 Å². The van der Waals surface area contributed by atoms with E-state index in [4.69, 9.17) is 4.74 Å². The van der Waals surface area contributed by atoms with Crippen LogP contribution >= 0.6 is 0 Å². The number of rotatable bonds is 8. The van der Waals surface area contributed by atoms with Gasteiger partial charge >= 0.3 is 0 Å². The Bertz CT molecular complexity index is 1290. The molecule has 166 valence electrons. The zero-order valence-electron chi connectivity index (χ0n) is 18.4. The van der Waals surface area contributed by atoms with E-state index in [0.717, 1.165) is 22.4 Å². The van der Waals surface area contributed by atoms with Gasteiger partial charge in [-0.25, -0.2) is 4.68 Å². The van der Waals surface area contributed by atoms with E-state index in [1.165, 1.54) is 6.07 Å². The number of benzene rings is 3. The molecule has 0 saturated carbocycles. The van der Waals surface area contributed by atoms with Gasteiger partial charge in [0.1, 0.15) is 0 Å². The zero-order chi connectivity index (χ0) is 23.0. The molecule has 1 N–H and O–H groups in total. The fourth-order valence-electron chi connectivity index (χ4n) is 3.52. The second-order valence-corrected chi connectivity index (χ2v) is 7.68. The fourth-order valence-corrected chi connectivity index (χ4v) is 3.52. The predicted molar refractivity (Wildman–Crippen MR) is 127 cm³/mol. The normalized spacial score (nSPS) is 10.7. The number of hydrogen-bond donors (Lipinski definition) is 1. The van der Waals surface area contributed by atoms with Crippen LogP contribution in [0.5, 0.6) is 0 Å². The van der Waals surface area contributed by atoms with Crippen LogP contribution in [0.2, 0.25) is 0 Å². The number of aryl methyl sites for hydroxylation is 1. The fraction of sp³-hybridized carbons (Fsp3) is 0.148. The summed E-state index contributed by atoms with van der Waals surface area (Å²) in [6, 6.07) is 28.6. The van der Waals surface area contributed by atoms with Crippen molar-refractivity contribution < 1.29 is 9.53 Å². The Balaban J connectivity index is 1.45. The van der Waals surface area contributed by atoms with E-state index >= 15 is 0 Å². The molecule has 1 amide bonds. The third kappa shape index (κ3) is 5.61. The van der Waals surface area contributed by atoms with Gasteiger partial charge in [0.2, 0.25) is 5.43 Å². The topological polar surface area (TPSA) is 73.2 Å². The van der Waals surface area contributed by atoms with E-state index in [2.05, 4.69) is 10.4 Å². The van der Waals surface area contributed by atoms with Gasteiger partial charge in [-0.3, -0.25) is 9.59 Å². The van der Waals surface area contributed by atoms with E-state index in [-0.39, 0.29) is 12.2 Å². The van der Waals surface area contributed by atoms with Gasteiger partial charge in [0.15, 0.2) is 5.69 Å². The maximum atomic E-state index is 12.8. The maximum Gasteiger partial charge on any atom is 0.276 e. The largest absolute Gasteiger partial charge is 0.372 e. The van der Waals surface area contributed by atoms with Gasteiger partial charge in [0.05, 0.1) is 18.9 Å². The molecule has 0 fully saturated rings. The lowest BCUT2D eigenvalue weighted by Crippen LogP contribution is -2.31. The molecular formula is C27H25N3O3. The lowest BCUT2D eigenvalue weighted by atomic mass is 10.1. The SMILES string of the molecule is Cc1cc(=O)c(C(=O)NCc2ccccc2COCc2ccccc2)nn1-c1ccccc1. The molecule has 0 spiro atoms. The van der Waals surface area contributed by atoms with E-state index in [1.807, 2.05) is 84.9 Å².